The van der Waals surface area contributed by atoms with Crippen LogP contribution in [-0.4, -0.2) is 30.7 Å². The number of nitrogens with zero attached hydrogens (tertiary/aromatic N) is 1. The number of carbonyl (C=O) groups excluding carboxylic acids is 3. The number of Topliss-reactive ketones (excluding diaryl/α,β-unsaturated/α-hetero) is 1. The molecule has 2 amide bonds. The highest BCUT2D eigenvalue weighted by Crippen LogP contribution is 2.32. The Labute approximate surface area is 110 Å². The first kappa shape index (κ1) is 11.9. The van der Waals surface area contributed by atoms with Crippen molar-refractivity contribution in [3.05, 3.63) is 29.8 Å². The van der Waals surface area contributed by atoms with E-state index in [0.29, 0.717) is 18.7 Å². The predicted octanol–water partition coefficient (Wildman–Crippen LogP) is 0.598. The standard InChI is InChI=1S/C14H14N2O3/c1-8(17)9-3-2-4-10(5-9)16-6-11-12(7-16)14(19)15-13(11)18/h2-5,11-12H,6-7H2,1H3,(H,15,18,19)/t11-,12+. The minimum Gasteiger partial charge on any atom is -0.370 e. The van der Waals surface area contributed by atoms with Crippen molar-refractivity contribution in [2.75, 3.05) is 18.0 Å². The Morgan fingerprint density at radius 1 is 1.21 bits per heavy atom. The van der Waals surface area contributed by atoms with E-state index in [1.807, 2.05) is 23.1 Å². The summed E-state index contributed by atoms with van der Waals surface area (Å²) in [4.78, 5) is 36.6. The van der Waals surface area contributed by atoms with E-state index < -0.39 is 0 Å². The molecule has 0 spiro atoms. The number of hydrogen-bond donors (Lipinski definition) is 1. The van der Waals surface area contributed by atoms with Crippen molar-refractivity contribution in [1.82, 2.24) is 5.32 Å². The first-order valence-corrected chi connectivity index (χ1v) is 6.27. The van der Waals surface area contributed by atoms with Gasteiger partial charge in [-0.1, -0.05) is 12.1 Å². The van der Waals surface area contributed by atoms with Gasteiger partial charge in [-0.2, -0.15) is 0 Å². The van der Waals surface area contributed by atoms with E-state index in [1.165, 1.54) is 6.92 Å². The van der Waals surface area contributed by atoms with Gasteiger partial charge in [-0.25, -0.2) is 0 Å². The minimum absolute atomic E-state index is 0.00932. The minimum atomic E-state index is -0.256. The Morgan fingerprint density at radius 3 is 2.42 bits per heavy atom. The van der Waals surface area contributed by atoms with E-state index in [1.54, 1.807) is 6.07 Å². The van der Waals surface area contributed by atoms with Gasteiger partial charge in [0.25, 0.3) is 0 Å². The summed E-state index contributed by atoms with van der Waals surface area (Å²) in [6, 6.07) is 7.30. The Hall–Kier alpha value is -2.17. The lowest BCUT2D eigenvalue weighted by Gasteiger charge is -2.19. The zero-order chi connectivity index (χ0) is 13.6. The van der Waals surface area contributed by atoms with Crippen LogP contribution in [0.4, 0.5) is 5.69 Å². The van der Waals surface area contributed by atoms with Crippen molar-refractivity contribution < 1.29 is 14.4 Å². The second kappa shape index (κ2) is 4.19. The van der Waals surface area contributed by atoms with E-state index >= 15 is 0 Å². The van der Waals surface area contributed by atoms with Crippen molar-refractivity contribution >= 4 is 23.3 Å². The van der Waals surface area contributed by atoms with Crippen LogP contribution in [0.2, 0.25) is 0 Å². The molecule has 0 bridgehead atoms. The zero-order valence-corrected chi connectivity index (χ0v) is 10.6. The molecular formula is C14H14N2O3. The average Bonchev–Trinajstić information content (AvgIpc) is 2.93. The molecule has 3 rings (SSSR count). The fourth-order valence-corrected chi connectivity index (χ4v) is 2.77. The second-order valence-electron chi connectivity index (χ2n) is 5.08. The molecule has 2 aliphatic rings. The summed E-state index contributed by atoms with van der Waals surface area (Å²) < 4.78 is 0. The first-order valence-electron chi connectivity index (χ1n) is 6.27. The molecule has 0 unspecified atom stereocenters. The molecule has 2 atom stereocenters. The summed E-state index contributed by atoms with van der Waals surface area (Å²) in [6.07, 6.45) is 0. The average molecular weight is 258 g/mol. The second-order valence-corrected chi connectivity index (χ2v) is 5.08. The molecule has 1 aromatic rings. The molecule has 0 aromatic heterocycles. The lowest BCUT2D eigenvalue weighted by Crippen LogP contribution is -2.31. The number of hydrogen-bond acceptors (Lipinski definition) is 4. The number of ketones is 1. The fourth-order valence-electron chi connectivity index (χ4n) is 2.77. The highest BCUT2D eigenvalue weighted by atomic mass is 16.2. The Balaban J connectivity index is 1.86. The van der Waals surface area contributed by atoms with Crippen molar-refractivity contribution in [3.8, 4) is 0 Å². The molecule has 98 valence electrons. The summed E-state index contributed by atoms with van der Waals surface area (Å²) in [5.41, 5.74) is 1.54. The lowest BCUT2D eigenvalue weighted by molar-refractivity contribution is -0.126. The third kappa shape index (κ3) is 1.91. The molecular weight excluding hydrogens is 244 g/mol. The van der Waals surface area contributed by atoms with E-state index in [4.69, 9.17) is 0 Å². The predicted molar refractivity (Wildman–Crippen MR) is 68.8 cm³/mol. The number of amides is 2. The molecule has 2 aliphatic heterocycles. The van der Waals surface area contributed by atoms with Crippen LogP contribution in [0.5, 0.6) is 0 Å². The highest BCUT2D eigenvalue weighted by molar-refractivity contribution is 6.06. The topological polar surface area (TPSA) is 66.5 Å². The van der Waals surface area contributed by atoms with Gasteiger partial charge in [0.05, 0.1) is 11.8 Å². The van der Waals surface area contributed by atoms with Gasteiger partial charge in [0, 0.05) is 24.3 Å². The van der Waals surface area contributed by atoms with Crippen molar-refractivity contribution in [2.45, 2.75) is 6.92 Å². The molecule has 0 saturated carbocycles. The largest absolute Gasteiger partial charge is 0.370 e. The Morgan fingerprint density at radius 2 is 1.84 bits per heavy atom. The molecule has 2 saturated heterocycles. The SMILES string of the molecule is CC(=O)c1cccc(N2C[C@@H]3C(=O)NC(=O)[C@@H]3C2)c1. The molecule has 5 nitrogen and oxygen atoms in total. The summed E-state index contributed by atoms with van der Waals surface area (Å²) in [6.45, 7) is 2.59. The van der Waals surface area contributed by atoms with Crippen LogP contribution in [0.3, 0.4) is 0 Å². The van der Waals surface area contributed by atoms with Crippen molar-refractivity contribution in [1.29, 1.82) is 0 Å². The normalized spacial score (nSPS) is 25.4. The van der Waals surface area contributed by atoms with Gasteiger partial charge in [-0.15, -0.1) is 0 Å². The third-order valence-corrected chi connectivity index (χ3v) is 3.86. The molecule has 0 aliphatic carbocycles. The number of nitrogens with one attached hydrogen (secondary N) is 1. The summed E-state index contributed by atoms with van der Waals surface area (Å²) in [5.74, 6) is -0.863. The molecule has 5 heteroatoms. The van der Waals surface area contributed by atoms with Crippen LogP contribution in [-0.2, 0) is 9.59 Å². The van der Waals surface area contributed by atoms with Crippen LogP contribution in [0, 0.1) is 11.8 Å². The Kier molecular flexibility index (Phi) is 2.62. The fraction of sp³-hybridized carbons (Fsp3) is 0.357. The highest BCUT2D eigenvalue weighted by Gasteiger charge is 2.47. The van der Waals surface area contributed by atoms with Gasteiger partial charge in [0.15, 0.2) is 5.78 Å². The van der Waals surface area contributed by atoms with Crippen molar-refractivity contribution in [3.63, 3.8) is 0 Å². The van der Waals surface area contributed by atoms with Gasteiger partial charge in [-0.3, -0.25) is 19.7 Å². The van der Waals surface area contributed by atoms with Crippen LogP contribution in [0.1, 0.15) is 17.3 Å². The van der Waals surface area contributed by atoms with Crippen LogP contribution < -0.4 is 10.2 Å². The summed E-state index contributed by atoms with van der Waals surface area (Å²) in [5, 5.41) is 2.36. The van der Waals surface area contributed by atoms with Gasteiger partial charge in [-0.05, 0) is 19.1 Å². The van der Waals surface area contributed by atoms with E-state index in [-0.39, 0.29) is 29.4 Å². The third-order valence-electron chi connectivity index (χ3n) is 3.86. The first-order chi connectivity index (χ1) is 9.06. The summed E-state index contributed by atoms with van der Waals surface area (Å²) >= 11 is 0. The van der Waals surface area contributed by atoms with Crippen molar-refractivity contribution in [2.24, 2.45) is 11.8 Å². The maximum Gasteiger partial charge on any atom is 0.232 e. The molecule has 0 radical (unpaired) electrons. The maximum absolute atomic E-state index is 11.6. The van der Waals surface area contributed by atoms with E-state index in [0.717, 1.165) is 5.69 Å². The number of benzene rings is 1. The van der Waals surface area contributed by atoms with Crippen LogP contribution >= 0.6 is 0 Å². The van der Waals surface area contributed by atoms with E-state index in [2.05, 4.69) is 5.32 Å². The number of imide groups is 1. The van der Waals surface area contributed by atoms with Gasteiger partial charge in [0.2, 0.25) is 11.8 Å². The Bertz CT molecular complexity index is 560. The van der Waals surface area contributed by atoms with Gasteiger partial charge < -0.3 is 4.90 Å². The molecule has 2 heterocycles. The monoisotopic (exact) mass is 258 g/mol. The van der Waals surface area contributed by atoms with Crippen LogP contribution in [0.15, 0.2) is 24.3 Å². The smallest absolute Gasteiger partial charge is 0.232 e. The van der Waals surface area contributed by atoms with Crippen LogP contribution in [0.25, 0.3) is 0 Å². The van der Waals surface area contributed by atoms with Gasteiger partial charge >= 0.3 is 0 Å². The maximum atomic E-state index is 11.6. The van der Waals surface area contributed by atoms with E-state index in [9.17, 15) is 14.4 Å². The number of anilines is 1. The number of rotatable bonds is 2. The number of fused-ring (bicyclic) bond motifs is 1. The lowest BCUT2D eigenvalue weighted by atomic mass is 10.00. The zero-order valence-electron chi connectivity index (χ0n) is 10.6. The number of carbonyl (C=O) groups is 3. The quantitative estimate of drug-likeness (QED) is 0.623. The van der Waals surface area contributed by atoms with Gasteiger partial charge in [0.1, 0.15) is 0 Å². The molecule has 1 N–H and O–H groups in total. The summed E-state index contributed by atoms with van der Waals surface area (Å²) in [7, 11) is 0. The molecule has 1 aromatic carbocycles. The molecule has 19 heavy (non-hydrogen) atoms. The molecule has 2 fully saturated rings.